The number of hydrogen-bond acceptors (Lipinski definition) is 4. The molecule has 5 nitrogen and oxygen atoms in total. The summed E-state index contributed by atoms with van der Waals surface area (Å²) >= 11 is 0. The Morgan fingerprint density at radius 2 is 1.82 bits per heavy atom. The van der Waals surface area contributed by atoms with Gasteiger partial charge in [0.05, 0.1) is 5.75 Å². The molecule has 0 saturated carbocycles. The molecule has 1 N–H and O–H groups in total. The Labute approximate surface area is 163 Å². The second kappa shape index (κ2) is 9.64. The third-order valence-corrected chi connectivity index (χ3v) is 6.45. The molecule has 1 atom stereocenters. The van der Waals surface area contributed by atoms with Crippen LogP contribution < -0.4 is 10.1 Å². The van der Waals surface area contributed by atoms with Crippen LogP contribution in [-0.4, -0.2) is 31.9 Å². The Morgan fingerprint density at radius 3 is 2.43 bits per heavy atom. The summed E-state index contributed by atoms with van der Waals surface area (Å²) in [6, 6.07) is 13.4. The van der Waals surface area contributed by atoms with Crippen molar-refractivity contribution in [1.29, 1.82) is 0 Å². The Balaban J connectivity index is 2.25. The average molecular weight is 411 g/mol. The van der Waals surface area contributed by atoms with E-state index < -0.39 is 27.6 Å². The van der Waals surface area contributed by atoms with Gasteiger partial charge >= 0.3 is 6.61 Å². The van der Waals surface area contributed by atoms with E-state index in [-0.39, 0.29) is 11.5 Å². The molecule has 8 heteroatoms. The zero-order valence-corrected chi connectivity index (χ0v) is 16.5. The van der Waals surface area contributed by atoms with Gasteiger partial charge in [-0.15, -0.1) is 0 Å². The smallest absolute Gasteiger partial charge is 0.387 e. The fourth-order valence-electron chi connectivity index (χ4n) is 2.69. The quantitative estimate of drug-likeness (QED) is 0.676. The van der Waals surface area contributed by atoms with Crippen LogP contribution in [0.15, 0.2) is 48.5 Å². The molecule has 1 amide bonds. The van der Waals surface area contributed by atoms with E-state index in [0.29, 0.717) is 24.1 Å². The lowest BCUT2D eigenvalue weighted by Gasteiger charge is -2.16. The molecule has 2 rings (SSSR count). The van der Waals surface area contributed by atoms with E-state index >= 15 is 0 Å². The summed E-state index contributed by atoms with van der Waals surface area (Å²) in [6.45, 7) is 0.0772. The molecule has 0 bridgehead atoms. The van der Waals surface area contributed by atoms with Crippen molar-refractivity contribution in [3.05, 3.63) is 59.7 Å². The van der Waals surface area contributed by atoms with E-state index in [2.05, 4.69) is 10.1 Å². The number of rotatable bonds is 9. The molecule has 2 aromatic carbocycles. The normalized spacial score (nSPS) is 12.6. The minimum absolute atomic E-state index is 0.00325. The fraction of sp³-hybridized carbons (Fsp3) is 0.350. The van der Waals surface area contributed by atoms with Crippen LogP contribution in [0.3, 0.4) is 0 Å². The van der Waals surface area contributed by atoms with Crippen LogP contribution in [0.2, 0.25) is 0 Å². The molecule has 0 aliphatic heterocycles. The summed E-state index contributed by atoms with van der Waals surface area (Å²) in [5, 5.41) is 1.35. The number of nitrogens with one attached hydrogen (secondary N) is 1. The van der Waals surface area contributed by atoms with Crippen molar-refractivity contribution < 1.29 is 26.7 Å². The van der Waals surface area contributed by atoms with E-state index in [9.17, 15) is 22.0 Å². The van der Waals surface area contributed by atoms with Crippen molar-refractivity contribution in [3.63, 3.8) is 0 Å². The van der Waals surface area contributed by atoms with E-state index in [1.54, 1.807) is 6.92 Å². The largest absolute Gasteiger partial charge is 0.435 e. The summed E-state index contributed by atoms with van der Waals surface area (Å²) in [7, 11) is -3.55. The maximum absolute atomic E-state index is 12.7. The van der Waals surface area contributed by atoms with Gasteiger partial charge in [-0.1, -0.05) is 37.3 Å². The van der Waals surface area contributed by atoms with Gasteiger partial charge in [0.2, 0.25) is 5.91 Å². The first-order chi connectivity index (χ1) is 13.2. The second-order valence-electron chi connectivity index (χ2n) is 6.36. The zero-order valence-electron chi connectivity index (χ0n) is 15.7. The minimum Gasteiger partial charge on any atom is -0.435 e. The van der Waals surface area contributed by atoms with Gasteiger partial charge in [0.25, 0.3) is 0 Å². The molecular weight excluding hydrogens is 388 g/mol. The van der Waals surface area contributed by atoms with E-state index in [0.717, 1.165) is 5.56 Å². The van der Waals surface area contributed by atoms with Crippen molar-refractivity contribution in [2.45, 2.75) is 38.6 Å². The first-order valence-corrected chi connectivity index (χ1v) is 10.6. The molecule has 0 saturated heterocycles. The first kappa shape index (κ1) is 21.8. The number of halogens is 2. The predicted molar refractivity (Wildman–Crippen MR) is 104 cm³/mol. The number of amides is 1. The Morgan fingerprint density at radius 1 is 1.14 bits per heavy atom. The number of carbonyl (C=O) groups excluding carboxylic acids is 1. The molecule has 0 aliphatic rings. The van der Waals surface area contributed by atoms with Crippen LogP contribution in [0, 0.1) is 0 Å². The molecule has 0 radical (unpaired) electrons. The fourth-order valence-corrected chi connectivity index (χ4v) is 4.00. The predicted octanol–water partition coefficient (Wildman–Crippen LogP) is 4.03. The molecule has 0 fully saturated rings. The van der Waals surface area contributed by atoms with Crippen LogP contribution in [0.5, 0.6) is 5.75 Å². The summed E-state index contributed by atoms with van der Waals surface area (Å²) in [5.74, 6) is -0.743. The van der Waals surface area contributed by atoms with Crippen LogP contribution in [0.25, 0.3) is 0 Å². The van der Waals surface area contributed by atoms with E-state index in [4.69, 9.17) is 0 Å². The number of hydrogen-bond donors (Lipinski definition) is 1. The van der Waals surface area contributed by atoms with E-state index in [1.165, 1.54) is 25.1 Å². The van der Waals surface area contributed by atoms with Crippen LogP contribution in [0.1, 0.15) is 31.4 Å². The third-order valence-electron chi connectivity index (χ3n) is 4.18. The first-order valence-electron chi connectivity index (χ1n) is 8.87. The van der Waals surface area contributed by atoms with E-state index in [1.807, 2.05) is 30.3 Å². The molecule has 152 valence electrons. The molecule has 0 aromatic heterocycles. The maximum atomic E-state index is 12.7. The molecule has 0 heterocycles. The summed E-state index contributed by atoms with van der Waals surface area (Å²) in [6.07, 6.45) is 0.733. The highest BCUT2D eigenvalue weighted by Gasteiger charge is 2.27. The summed E-state index contributed by atoms with van der Waals surface area (Å²) in [5.41, 5.74) is 1.65. The van der Waals surface area contributed by atoms with Crippen LogP contribution in [0.4, 0.5) is 14.5 Å². The van der Waals surface area contributed by atoms with Crippen LogP contribution >= 0.6 is 0 Å². The van der Waals surface area contributed by atoms with Gasteiger partial charge in [-0.05, 0) is 37.1 Å². The van der Waals surface area contributed by atoms with Crippen molar-refractivity contribution in [1.82, 2.24) is 0 Å². The van der Waals surface area contributed by atoms with Gasteiger partial charge in [-0.25, -0.2) is 8.42 Å². The van der Waals surface area contributed by atoms with Crippen molar-refractivity contribution >= 4 is 21.4 Å². The van der Waals surface area contributed by atoms with Crippen LogP contribution in [-0.2, 0) is 21.1 Å². The summed E-state index contributed by atoms with van der Waals surface area (Å²) < 4.78 is 54.1. The number of sulfone groups is 1. The second-order valence-corrected chi connectivity index (χ2v) is 8.80. The third kappa shape index (κ3) is 6.02. The Kier molecular flexibility index (Phi) is 7.51. The average Bonchev–Trinajstić information content (AvgIpc) is 2.63. The van der Waals surface area contributed by atoms with Gasteiger partial charge in [0, 0.05) is 17.7 Å². The monoisotopic (exact) mass is 411 g/mol. The van der Waals surface area contributed by atoms with Crippen molar-refractivity contribution in [3.8, 4) is 5.75 Å². The zero-order chi connectivity index (χ0) is 20.7. The maximum Gasteiger partial charge on any atom is 0.387 e. The molecule has 0 spiro atoms. The van der Waals surface area contributed by atoms with Crippen molar-refractivity contribution in [2.24, 2.45) is 0 Å². The van der Waals surface area contributed by atoms with Gasteiger partial charge in [0.15, 0.2) is 9.84 Å². The molecule has 1 unspecified atom stereocenters. The lowest BCUT2D eigenvalue weighted by molar-refractivity contribution is -0.115. The highest BCUT2D eigenvalue weighted by molar-refractivity contribution is 7.92. The highest BCUT2D eigenvalue weighted by Crippen LogP contribution is 2.27. The minimum atomic E-state index is -3.55. The SMILES string of the molecule is CCCS(=O)(=O)C(C)C(=O)Nc1ccc(OC(F)F)c(Cc2ccccc2)c1. The molecule has 2 aromatic rings. The van der Waals surface area contributed by atoms with Gasteiger partial charge < -0.3 is 10.1 Å². The Hall–Kier alpha value is -2.48. The Bertz CT molecular complexity index is 902. The standard InChI is InChI=1S/C20H23F2NO4S/c1-3-11-28(25,26)14(2)19(24)23-17-9-10-18(27-20(21)22)16(13-17)12-15-7-5-4-6-8-15/h4-10,13-14,20H,3,11-12H2,1-2H3,(H,23,24). The highest BCUT2D eigenvalue weighted by atomic mass is 32.2. The molecule has 0 aliphatic carbocycles. The number of alkyl halides is 2. The topological polar surface area (TPSA) is 72.5 Å². The number of benzene rings is 2. The lowest BCUT2D eigenvalue weighted by Crippen LogP contribution is -2.34. The van der Waals surface area contributed by atoms with Gasteiger partial charge in [-0.3, -0.25) is 4.79 Å². The summed E-state index contributed by atoms with van der Waals surface area (Å²) in [4.78, 5) is 12.3. The number of anilines is 1. The molecular formula is C20H23F2NO4S. The van der Waals surface area contributed by atoms with Gasteiger partial charge in [0.1, 0.15) is 11.0 Å². The molecule has 28 heavy (non-hydrogen) atoms. The lowest BCUT2D eigenvalue weighted by atomic mass is 10.0. The number of ether oxygens (including phenoxy) is 1. The number of carbonyl (C=O) groups is 1. The van der Waals surface area contributed by atoms with Crippen molar-refractivity contribution in [2.75, 3.05) is 11.1 Å². The van der Waals surface area contributed by atoms with Gasteiger partial charge in [-0.2, -0.15) is 8.78 Å².